The molecule has 0 radical (unpaired) electrons. The zero-order valence-electron chi connectivity index (χ0n) is 13.6. The molecule has 1 fully saturated rings. The molecule has 1 heterocycles. The molecular weight excluding hydrogens is 351 g/mol. The van der Waals surface area contributed by atoms with Crippen LogP contribution in [0, 0.1) is 0 Å². The molecule has 0 saturated carbocycles. The molecule has 2 rings (SSSR count). The van der Waals surface area contributed by atoms with Gasteiger partial charge in [-0.3, -0.25) is 0 Å². The number of rotatable bonds is 4. The van der Waals surface area contributed by atoms with Crippen molar-refractivity contribution in [2.24, 2.45) is 0 Å². The molecule has 4 nitrogen and oxygen atoms in total. The minimum Gasteiger partial charge on any atom is -1.00 e. The molecule has 0 amide bonds. The van der Waals surface area contributed by atoms with E-state index in [0.29, 0.717) is 25.2 Å². The van der Waals surface area contributed by atoms with E-state index in [1.807, 2.05) is 0 Å². The van der Waals surface area contributed by atoms with Crippen molar-refractivity contribution >= 4 is 61.0 Å². The second kappa shape index (κ2) is 8.06. The van der Waals surface area contributed by atoms with Crippen LogP contribution in [0.5, 0.6) is 0 Å². The minimum absolute atomic E-state index is 0. The van der Waals surface area contributed by atoms with Crippen LogP contribution in [0.25, 0.3) is 0 Å². The van der Waals surface area contributed by atoms with Gasteiger partial charge in [-0.2, -0.15) is 13.2 Å². The number of alkyl halides is 3. The van der Waals surface area contributed by atoms with Gasteiger partial charge >= 0.3 is 49.9 Å². The van der Waals surface area contributed by atoms with E-state index >= 15 is 0 Å². The number of aliphatic carboxylic acids is 1. The fraction of sp³-hybridized carbons (Fsp3) is 0.462. The van der Waals surface area contributed by atoms with Gasteiger partial charge in [0.25, 0.3) is 0 Å². The number of hydrogen-bond acceptors (Lipinski definition) is 3. The predicted molar refractivity (Wildman–Crippen MR) is 78.6 cm³/mol. The topological polar surface area (TPSA) is 49.8 Å². The summed E-state index contributed by atoms with van der Waals surface area (Å²) in [5, 5.41) is 8.19. The largest absolute Gasteiger partial charge is 2.00 e. The Balaban J connectivity index is 0. The van der Waals surface area contributed by atoms with Crippen LogP contribution in [0.2, 0.25) is 5.02 Å². The summed E-state index contributed by atoms with van der Waals surface area (Å²) in [6.45, 7) is 0.447. The second-order valence-corrected chi connectivity index (χ2v) is 5.13. The second-order valence-electron chi connectivity index (χ2n) is 4.72. The van der Waals surface area contributed by atoms with Gasteiger partial charge in [-0.25, -0.2) is 4.79 Å². The Morgan fingerprint density at radius 1 is 1.50 bits per heavy atom. The molecule has 120 valence electrons. The summed E-state index contributed by atoms with van der Waals surface area (Å²) < 4.78 is 43.6. The van der Waals surface area contributed by atoms with Gasteiger partial charge in [0, 0.05) is 18.8 Å². The van der Waals surface area contributed by atoms with Gasteiger partial charge in [0.05, 0.1) is 16.7 Å². The Bertz CT molecular complexity index is 552. The van der Waals surface area contributed by atoms with Crippen LogP contribution in [-0.2, 0) is 15.7 Å². The van der Waals surface area contributed by atoms with Gasteiger partial charge in [0.1, 0.15) is 6.61 Å². The Hall–Kier alpha value is -0.210. The smallest absolute Gasteiger partial charge is 1.00 e. The zero-order valence-corrected chi connectivity index (χ0v) is 14.5. The van der Waals surface area contributed by atoms with Crippen molar-refractivity contribution in [2.75, 3.05) is 24.6 Å². The number of benzene rings is 1. The fourth-order valence-electron chi connectivity index (χ4n) is 2.22. The van der Waals surface area contributed by atoms with E-state index < -0.39 is 24.3 Å². The number of carbonyl (C=O) groups is 1. The average molecular weight is 366 g/mol. The third-order valence-corrected chi connectivity index (χ3v) is 3.54. The third kappa shape index (κ3) is 5.16. The van der Waals surface area contributed by atoms with Gasteiger partial charge < -0.3 is 17.6 Å². The van der Waals surface area contributed by atoms with Crippen molar-refractivity contribution in [1.82, 2.24) is 0 Å². The van der Waals surface area contributed by atoms with E-state index in [0.717, 1.165) is 6.07 Å². The van der Waals surface area contributed by atoms with Gasteiger partial charge in [-0.1, -0.05) is 11.6 Å². The van der Waals surface area contributed by atoms with E-state index in [4.69, 9.17) is 21.4 Å². The molecule has 9 heteroatoms. The summed E-state index contributed by atoms with van der Waals surface area (Å²) in [7, 11) is 0. The molecule has 1 aliphatic rings. The zero-order chi connectivity index (χ0) is 15.6. The molecule has 0 spiro atoms. The Morgan fingerprint density at radius 2 is 2.18 bits per heavy atom. The third-order valence-electron chi connectivity index (χ3n) is 3.21. The summed E-state index contributed by atoms with van der Waals surface area (Å²) in [5.41, 5.74) is -0.482. The molecular formula is C13H15CaClF3NO3. The standard InChI is InChI=1S/C13H13ClF3NO3.Ca.2H/c14-11-2-1-8(5-10(11)13(15,16)17)18-4-3-9(6-18)21-7-12(19)20;;;/h1-2,5,9H,3-4,6-7H2,(H,19,20);;;/q;+2;2*-1. The maximum absolute atomic E-state index is 12.8. The summed E-state index contributed by atoms with van der Waals surface area (Å²) >= 11 is 5.57. The molecule has 1 N–H and O–H groups in total. The number of ether oxygens (including phenoxy) is 1. The van der Waals surface area contributed by atoms with Crippen molar-refractivity contribution in [1.29, 1.82) is 0 Å². The summed E-state index contributed by atoms with van der Waals surface area (Å²) in [4.78, 5) is 12.1. The fourth-order valence-corrected chi connectivity index (χ4v) is 2.44. The van der Waals surface area contributed by atoms with Crippen molar-refractivity contribution in [2.45, 2.75) is 18.7 Å². The van der Waals surface area contributed by atoms with Crippen molar-refractivity contribution in [3.63, 3.8) is 0 Å². The van der Waals surface area contributed by atoms with Gasteiger partial charge in [-0.15, -0.1) is 0 Å². The van der Waals surface area contributed by atoms with Crippen molar-refractivity contribution in [3.8, 4) is 0 Å². The summed E-state index contributed by atoms with van der Waals surface area (Å²) in [6, 6.07) is 3.73. The van der Waals surface area contributed by atoms with Crippen molar-refractivity contribution < 1.29 is 30.7 Å². The molecule has 0 aromatic heterocycles. The quantitative estimate of drug-likeness (QED) is 0.834. The maximum Gasteiger partial charge on any atom is 2.00 e. The van der Waals surface area contributed by atoms with Crippen LogP contribution in [0.15, 0.2) is 18.2 Å². The van der Waals surface area contributed by atoms with Gasteiger partial charge in [-0.05, 0) is 24.6 Å². The Kier molecular flexibility index (Phi) is 7.26. The number of nitrogens with zero attached hydrogens (tertiary/aromatic N) is 1. The molecule has 1 atom stereocenters. The molecule has 1 aliphatic heterocycles. The minimum atomic E-state index is -4.51. The maximum atomic E-state index is 12.8. The Morgan fingerprint density at radius 3 is 2.77 bits per heavy atom. The molecule has 1 unspecified atom stereocenters. The first-order valence-corrected chi connectivity index (χ1v) is 6.60. The molecule has 22 heavy (non-hydrogen) atoms. The number of carboxylic acids is 1. The van der Waals surface area contributed by atoms with Gasteiger partial charge in [0.15, 0.2) is 0 Å². The van der Waals surface area contributed by atoms with Crippen molar-refractivity contribution in [3.05, 3.63) is 28.8 Å². The number of anilines is 1. The van der Waals surface area contributed by atoms with E-state index in [9.17, 15) is 18.0 Å². The van der Waals surface area contributed by atoms with Crippen LogP contribution in [0.3, 0.4) is 0 Å². The molecule has 0 aliphatic carbocycles. The molecule has 1 aromatic rings. The van der Waals surface area contributed by atoms with Crippen LogP contribution in [0.4, 0.5) is 18.9 Å². The van der Waals surface area contributed by atoms with Crippen LogP contribution in [0.1, 0.15) is 14.8 Å². The summed E-state index contributed by atoms with van der Waals surface area (Å²) in [6.07, 6.45) is -4.24. The summed E-state index contributed by atoms with van der Waals surface area (Å²) in [5.74, 6) is -1.07. The average Bonchev–Trinajstić information content (AvgIpc) is 2.84. The van der Waals surface area contributed by atoms with E-state index in [-0.39, 0.29) is 51.7 Å². The molecule has 1 aromatic carbocycles. The normalized spacial score (nSPS) is 18.2. The first kappa shape index (κ1) is 19.8. The van der Waals surface area contributed by atoms with Crippen LogP contribution >= 0.6 is 11.6 Å². The molecule has 0 bridgehead atoms. The number of halogens is 4. The SMILES string of the molecule is O=C(O)COC1CCN(c2ccc(Cl)c(C(F)(F)F)c2)C1.[Ca+2].[H-].[H-]. The van der Waals surface area contributed by atoms with E-state index in [2.05, 4.69) is 0 Å². The Labute approximate surface area is 163 Å². The monoisotopic (exact) mass is 365 g/mol. The van der Waals surface area contributed by atoms with Crippen LogP contribution < -0.4 is 4.90 Å². The number of carboxylic acid groups (broad SMARTS) is 1. The molecule has 1 saturated heterocycles. The van der Waals surface area contributed by atoms with Crippen LogP contribution in [-0.4, -0.2) is 74.6 Å². The number of hydrogen-bond donors (Lipinski definition) is 1. The van der Waals surface area contributed by atoms with E-state index in [1.54, 1.807) is 4.90 Å². The predicted octanol–water partition coefficient (Wildman–Crippen LogP) is 2.88. The first-order valence-electron chi connectivity index (χ1n) is 6.22. The van der Waals surface area contributed by atoms with Gasteiger partial charge in [0.2, 0.25) is 0 Å². The van der Waals surface area contributed by atoms with E-state index in [1.165, 1.54) is 12.1 Å². The first-order chi connectivity index (χ1) is 9.77.